The Morgan fingerprint density at radius 2 is 1.08 bits per heavy atom. The van der Waals surface area contributed by atoms with E-state index in [4.69, 9.17) is 0 Å². The fourth-order valence-electron chi connectivity index (χ4n) is 6.11. The van der Waals surface area contributed by atoms with Gasteiger partial charge in [-0.15, -0.1) is 0 Å². The van der Waals surface area contributed by atoms with Crippen LogP contribution in [0.2, 0.25) is 0 Å². The van der Waals surface area contributed by atoms with Gasteiger partial charge in [-0.3, -0.25) is 0 Å². The Hall–Kier alpha value is -3.69. The first-order chi connectivity index (χ1) is 17.8. The van der Waals surface area contributed by atoms with Gasteiger partial charge in [0.2, 0.25) is 0 Å². The third kappa shape index (κ3) is 3.12. The van der Waals surface area contributed by atoms with Crippen molar-refractivity contribution in [1.82, 2.24) is 0 Å². The van der Waals surface area contributed by atoms with E-state index in [9.17, 15) is 0 Å². The Kier molecular flexibility index (Phi) is 5.07. The van der Waals surface area contributed by atoms with Gasteiger partial charge in [-0.2, -0.15) is 0 Å². The molecule has 0 radical (unpaired) electrons. The van der Waals surface area contributed by atoms with Crippen molar-refractivity contribution >= 4 is 33.4 Å². The zero-order chi connectivity index (χ0) is 24.1. The summed E-state index contributed by atoms with van der Waals surface area (Å²) in [5, 5.41) is 2.57. The highest BCUT2D eigenvalue weighted by Crippen LogP contribution is 2.56. The zero-order valence-corrected chi connectivity index (χ0v) is 21.8. The van der Waals surface area contributed by atoms with E-state index in [1.54, 1.807) is 0 Å². The maximum absolute atomic E-state index is 2.45. The highest BCUT2D eigenvalue weighted by molar-refractivity contribution is 14.1. The molecule has 36 heavy (non-hydrogen) atoms. The monoisotopic (exact) mass is 570 g/mol. The lowest BCUT2D eigenvalue weighted by molar-refractivity contribution is 0.769. The van der Waals surface area contributed by atoms with Crippen LogP contribution in [0.4, 0.5) is 0 Å². The molecule has 0 nitrogen and oxygen atoms in total. The number of rotatable bonds is 3. The fraction of sp³-hybridized carbons (Fsp3) is 0.0286. The predicted molar refractivity (Wildman–Crippen MR) is 159 cm³/mol. The molecule has 170 valence electrons. The van der Waals surface area contributed by atoms with Crippen molar-refractivity contribution in [2.75, 3.05) is 0 Å². The van der Waals surface area contributed by atoms with E-state index in [1.165, 1.54) is 58.9 Å². The minimum Gasteiger partial charge on any atom is -0.0622 e. The Morgan fingerprint density at radius 1 is 0.444 bits per heavy atom. The summed E-state index contributed by atoms with van der Waals surface area (Å²) >= 11 is 2.41. The van der Waals surface area contributed by atoms with Gasteiger partial charge in [0.05, 0.1) is 5.41 Å². The maximum atomic E-state index is 2.45. The van der Waals surface area contributed by atoms with Crippen LogP contribution in [0.25, 0.3) is 33.0 Å². The first-order valence-corrected chi connectivity index (χ1v) is 13.4. The van der Waals surface area contributed by atoms with Crippen LogP contribution >= 0.6 is 22.6 Å². The summed E-state index contributed by atoms with van der Waals surface area (Å²) in [6, 6.07) is 51.4. The predicted octanol–water partition coefficient (Wildman–Crippen LogP) is 9.47. The third-order valence-electron chi connectivity index (χ3n) is 7.61. The molecule has 1 aliphatic rings. The number of benzene rings is 6. The Labute approximate surface area is 225 Å². The second-order valence-corrected chi connectivity index (χ2v) is 10.7. The topological polar surface area (TPSA) is 0 Å². The van der Waals surface area contributed by atoms with Gasteiger partial charge >= 0.3 is 0 Å². The molecule has 7 rings (SSSR count). The summed E-state index contributed by atoms with van der Waals surface area (Å²) in [7, 11) is 0. The summed E-state index contributed by atoms with van der Waals surface area (Å²) in [5.74, 6) is 0. The van der Waals surface area contributed by atoms with Crippen molar-refractivity contribution < 1.29 is 0 Å². The molecule has 0 aromatic heterocycles. The van der Waals surface area contributed by atoms with Gasteiger partial charge in [-0.1, -0.05) is 121 Å². The molecule has 0 fully saturated rings. The Balaban J connectivity index is 1.59. The molecule has 0 heterocycles. The van der Waals surface area contributed by atoms with E-state index in [1.807, 2.05) is 0 Å². The maximum Gasteiger partial charge on any atom is 0.0713 e. The molecule has 6 aromatic rings. The van der Waals surface area contributed by atoms with Crippen LogP contribution in [0.3, 0.4) is 0 Å². The molecular formula is C35H23I. The van der Waals surface area contributed by atoms with Gasteiger partial charge in [-0.05, 0) is 96.1 Å². The molecule has 0 saturated carbocycles. The highest BCUT2D eigenvalue weighted by atomic mass is 127. The first kappa shape index (κ1) is 21.6. The summed E-state index contributed by atoms with van der Waals surface area (Å²) in [4.78, 5) is 0. The van der Waals surface area contributed by atoms with E-state index >= 15 is 0 Å². The zero-order valence-electron chi connectivity index (χ0n) is 19.7. The Bertz CT molecular complexity index is 1690. The van der Waals surface area contributed by atoms with E-state index in [0.29, 0.717) is 0 Å². The van der Waals surface area contributed by atoms with E-state index in [-0.39, 0.29) is 5.41 Å². The molecule has 1 heteroatoms. The summed E-state index contributed by atoms with van der Waals surface area (Å²) < 4.78 is 1.25. The van der Waals surface area contributed by atoms with E-state index < -0.39 is 0 Å². The van der Waals surface area contributed by atoms with Gasteiger partial charge in [0.15, 0.2) is 0 Å². The van der Waals surface area contributed by atoms with Crippen molar-refractivity contribution in [2.24, 2.45) is 0 Å². The smallest absolute Gasteiger partial charge is 0.0622 e. The van der Waals surface area contributed by atoms with Gasteiger partial charge in [0.25, 0.3) is 0 Å². The van der Waals surface area contributed by atoms with E-state index in [2.05, 4.69) is 162 Å². The molecular weight excluding hydrogens is 547 g/mol. The fourth-order valence-corrected chi connectivity index (χ4v) is 6.60. The molecule has 0 spiro atoms. The molecule has 0 atom stereocenters. The summed E-state index contributed by atoms with van der Waals surface area (Å²) in [5.41, 5.74) is 10.1. The van der Waals surface area contributed by atoms with Gasteiger partial charge < -0.3 is 0 Å². The molecule has 0 amide bonds. The van der Waals surface area contributed by atoms with Crippen LogP contribution in [0.5, 0.6) is 0 Å². The first-order valence-electron chi connectivity index (χ1n) is 12.3. The number of hydrogen-bond donors (Lipinski definition) is 0. The van der Waals surface area contributed by atoms with Crippen molar-refractivity contribution in [3.05, 3.63) is 165 Å². The SMILES string of the molecule is Ic1ccc2cccc(-c3ccc4c(c3)C(c3ccccc3)(c3ccccc3)c3ccccc3-4)c2c1. The third-order valence-corrected chi connectivity index (χ3v) is 8.28. The lowest BCUT2D eigenvalue weighted by atomic mass is 9.67. The number of hydrogen-bond acceptors (Lipinski definition) is 0. The lowest BCUT2D eigenvalue weighted by Gasteiger charge is -2.34. The number of fused-ring (bicyclic) bond motifs is 4. The van der Waals surface area contributed by atoms with Crippen molar-refractivity contribution in [3.8, 4) is 22.3 Å². The lowest BCUT2D eigenvalue weighted by Crippen LogP contribution is -2.28. The largest absolute Gasteiger partial charge is 0.0713 e. The average Bonchev–Trinajstić information content (AvgIpc) is 3.24. The minimum absolute atomic E-state index is 0.372. The van der Waals surface area contributed by atoms with Gasteiger partial charge in [0, 0.05) is 3.57 Å². The van der Waals surface area contributed by atoms with Gasteiger partial charge in [-0.25, -0.2) is 0 Å². The number of halogens is 1. The van der Waals surface area contributed by atoms with Crippen LogP contribution in [-0.4, -0.2) is 0 Å². The summed E-state index contributed by atoms with van der Waals surface area (Å²) in [6.07, 6.45) is 0. The van der Waals surface area contributed by atoms with Crippen molar-refractivity contribution in [2.45, 2.75) is 5.41 Å². The van der Waals surface area contributed by atoms with Crippen LogP contribution in [0.15, 0.2) is 140 Å². The molecule has 0 unspecified atom stereocenters. The quantitative estimate of drug-likeness (QED) is 0.186. The van der Waals surface area contributed by atoms with Crippen molar-refractivity contribution in [3.63, 3.8) is 0 Å². The van der Waals surface area contributed by atoms with Crippen molar-refractivity contribution in [1.29, 1.82) is 0 Å². The molecule has 6 aromatic carbocycles. The summed E-state index contributed by atoms with van der Waals surface area (Å²) in [6.45, 7) is 0. The second-order valence-electron chi connectivity index (χ2n) is 9.46. The van der Waals surface area contributed by atoms with Crippen LogP contribution in [0.1, 0.15) is 22.3 Å². The van der Waals surface area contributed by atoms with Crippen LogP contribution in [0, 0.1) is 3.57 Å². The molecule has 1 aliphatic carbocycles. The highest BCUT2D eigenvalue weighted by Gasteiger charge is 2.46. The van der Waals surface area contributed by atoms with Crippen LogP contribution < -0.4 is 0 Å². The second kappa shape index (κ2) is 8.46. The minimum atomic E-state index is -0.372. The van der Waals surface area contributed by atoms with E-state index in [0.717, 1.165) is 0 Å². The molecule has 0 aliphatic heterocycles. The standard InChI is InChI=1S/C35H23I/c36-28-20-18-24-10-9-16-29(32(24)23-28)25-19-21-31-30-15-7-8-17-33(30)35(34(31)22-25,26-11-3-1-4-12-26)27-13-5-2-6-14-27/h1-23H. The Morgan fingerprint density at radius 3 is 1.83 bits per heavy atom. The van der Waals surface area contributed by atoms with Gasteiger partial charge in [0.1, 0.15) is 0 Å². The normalized spacial score (nSPS) is 13.4. The average molecular weight is 570 g/mol. The molecule has 0 N–H and O–H groups in total. The molecule has 0 saturated heterocycles. The van der Waals surface area contributed by atoms with Crippen LogP contribution in [-0.2, 0) is 5.41 Å². The molecule has 0 bridgehead atoms.